The van der Waals surface area contributed by atoms with Gasteiger partial charge in [0, 0.05) is 35.9 Å². The summed E-state index contributed by atoms with van der Waals surface area (Å²) in [6.07, 6.45) is 7.09. The highest BCUT2D eigenvalue weighted by Gasteiger charge is 2.13. The van der Waals surface area contributed by atoms with Gasteiger partial charge >= 0.3 is 0 Å². The van der Waals surface area contributed by atoms with Gasteiger partial charge in [-0.2, -0.15) is 5.10 Å². The number of nitrogens with zero attached hydrogens (tertiary/aromatic N) is 5. The minimum atomic E-state index is -0.470. The lowest BCUT2D eigenvalue weighted by molar-refractivity contribution is 0.302. The van der Waals surface area contributed by atoms with Crippen molar-refractivity contribution in [1.29, 1.82) is 0 Å². The SMILES string of the molecule is [18F]CCn1cc(-c2ccncc2)c(-c2ccc(OCc3ccc4ncccc4n3)cc2)n1. The fourth-order valence-corrected chi connectivity index (χ4v) is 3.52. The largest absolute Gasteiger partial charge is 0.487 e. The zero-order chi connectivity index (χ0) is 21.8. The molecule has 0 radical (unpaired) electrons. The number of alkyl halides is 1. The first-order chi connectivity index (χ1) is 15.8. The van der Waals surface area contributed by atoms with E-state index in [1.807, 2.05) is 66.9 Å². The number of aryl methyl sites for hydroxylation is 1. The van der Waals surface area contributed by atoms with E-state index in [4.69, 9.17) is 4.74 Å². The molecule has 6 nitrogen and oxygen atoms in total. The first-order valence-corrected chi connectivity index (χ1v) is 10.3. The van der Waals surface area contributed by atoms with Crippen LogP contribution in [0.2, 0.25) is 0 Å². The van der Waals surface area contributed by atoms with Crippen LogP contribution >= 0.6 is 0 Å². The molecule has 0 bridgehead atoms. The van der Waals surface area contributed by atoms with Crippen LogP contribution in [0.1, 0.15) is 5.69 Å². The molecule has 0 saturated heterocycles. The highest BCUT2D eigenvalue weighted by atomic mass is 18.2. The van der Waals surface area contributed by atoms with Gasteiger partial charge in [0.1, 0.15) is 24.7 Å². The standard InChI is InChI=1S/C25H20FN5O/c26-11-15-31-16-22(18-9-13-27-14-10-18)25(30-31)19-3-6-21(7-4-19)32-17-20-5-8-23-24(29-20)2-1-12-28-23/h1-10,12-14,16H,11,15,17H2/i26-1. The lowest BCUT2D eigenvalue weighted by Crippen LogP contribution is -2.00. The molecule has 4 aromatic heterocycles. The molecule has 7 heteroatoms. The molecule has 0 aliphatic carbocycles. The summed E-state index contributed by atoms with van der Waals surface area (Å²) >= 11 is 0. The fourth-order valence-electron chi connectivity index (χ4n) is 3.52. The van der Waals surface area contributed by atoms with Crippen LogP contribution in [0, 0.1) is 0 Å². The van der Waals surface area contributed by atoms with Gasteiger partial charge in [-0.25, -0.2) is 9.37 Å². The first-order valence-electron chi connectivity index (χ1n) is 10.3. The third-order valence-electron chi connectivity index (χ3n) is 5.09. The molecule has 32 heavy (non-hydrogen) atoms. The maximum atomic E-state index is 12.9. The van der Waals surface area contributed by atoms with E-state index >= 15 is 0 Å². The molecule has 4 heterocycles. The van der Waals surface area contributed by atoms with Crippen LogP contribution < -0.4 is 4.74 Å². The molecule has 0 N–H and O–H groups in total. The van der Waals surface area contributed by atoms with Gasteiger partial charge in [0.2, 0.25) is 0 Å². The Hall–Kier alpha value is -4.13. The maximum Gasteiger partial charge on any atom is 0.130 e. The highest BCUT2D eigenvalue weighted by molar-refractivity contribution is 5.80. The molecule has 0 spiro atoms. The van der Waals surface area contributed by atoms with Gasteiger partial charge < -0.3 is 4.74 Å². The van der Waals surface area contributed by atoms with Crippen LogP contribution in [-0.4, -0.2) is 31.4 Å². The Labute approximate surface area is 184 Å². The summed E-state index contributed by atoms with van der Waals surface area (Å²) in [6.45, 7) is 0.105. The fraction of sp³-hybridized carbons (Fsp3) is 0.120. The first kappa shape index (κ1) is 19.8. The van der Waals surface area contributed by atoms with Crippen molar-refractivity contribution in [3.8, 4) is 28.1 Å². The van der Waals surface area contributed by atoms with Crippen LogP contribution in [0.3, 0.4) is 0 Å². The van der Waals surface area contributed by atoms with Crippen molar-refractivity contribution in [2.24, 2.45) is 0 Å². The number of ether oxygens (including phenoxy) is 1. The predicted molar refractivity (Wildman–Crippen MR) is 121 cm³/mol. The van der Waals surface area contributed by atoms with E-state index in [1.54, 1.807) is 23.3 Å². The van der Waals surface area contributed by atoms with E-state index in [2.05, 4.69) is 20.1 Å². The summed E-state index contributed by atoms with van der Waals surface area (Å²) in [6, 6.07) is 19.2. The number of aromatic nitrogens is 5. The summed E-state index contributed by atoms with van der Waals surface area (Å²) < 4.78 is 20.5. The van der Waals surface area contributed by atoms with Gasteiger partial charge in [0.05, 0.1) is 23.3 Å². The Bertz CT molecular complexity index is 1340. The zero-order valence-electron chi connectivity index (χ0n) is 17.2. The second kappa shape index (κ2) is 8.93. The molecule has 158 valence electrons. The minimum Gasteiger partial charge on any atom is -0.487 e. The molecular weight excluding hydrogens is 404 g/mol. The Balaban J connectivity index is 1.36. The Morgan fingerprint density at radius 3 is 2.50 bits per heavy atom. The molecule has 0 aliphatic heterocycles. The van der Waals surface area contributed by atoms with Gasteiger partial charge in [0.15, 0.2) is 0 Å². The third kappa shape index (κ3) is 4.18. The quantitative estimate of drug-likeness (QED) is 0.364. The van der Waals surface area contributed by atoms with Crippen molar-refractivity contribution in [2.75, 3.05) is 6.67 Å². The summed E-state index contributed by atoms with van der Waals surface area (Å²) in [4.78, 5) is 12.9. The van der Waals surface area contributed by atoms with Crippen LogP contribution in [0.4, 0.5) is 4.39 Å². The number of pyridine rings is 3. The number of hydrogen-bond donors (Lipinski definition) is 0. The number of halogens is 1. The van der Waals surface area contributed by atoms with Crippen molar-refractivity contribution >= 4 is 11.0 Å². The van der Waals surface area contributed by atoms with Gasteiger partial charge in [-0.15, -0.1) is 0 Å². The summed E-state index contributed by atoms with van der Waals surface area (Å²) in [5, 5.41) is 4.60. The van der Waals surface area contributed by atoms with Gasteiger partial charge in [-0.3, -0.25) is 14.6 Å². The topological polar surface area (TPSA) is 65.7 Å². The van der Waals surface area contributed by atoms with E-state index in [1.165, 1.54) is 0 Å². The molecule has 5 rings (SSSR count). The normalized spacial score (nSPS) is 11.0. The van der Waals surface area contributed by atoms with E-state index in [9.17, 15) is 4.39 Å². The average molecular weight is 424 g/mol. The lowest BCUT2D eigenvalue weighted by atomic mass is 10.0. The molecule has 5 aromatic rings. The Morgan fingerprint density at radius 1 is 0.844 bits per heavy atom. The average Bonchev–Trinajstić information content (AvgIpc) is 3.28. The molecular formula is C25H20FN5O. The zero-order valence-corrected chi connectivity index (χ0v) is 17.2. The summed E-state index contributed by atoms with van der Waals surface area (Å²) in [5.41, 5.74) is 6.17. The molecule has 0 unspecified atom stereocenters. The van der Waals surface area contributed by atoms with Crippen molar-refractivity contribution in [2.45, 2.75) is 13.2 Å². The second-order valence-electron chi connectivity index (χ2n) is 7.24. The van der Waals surface area contributed by atoms with Crippen molar-refractivity contribution in [1.82, 2.24) is 24.7 Å². The van der Waals surface area contributed by atoms with Crippen molar-refractivity contribution in [3.63, 3.8) is 0 Å². The highest BCUT2D eigenvalue weighted by Crippen LogP contribution is 2.31. The molecule has 0 fully saturated rings. The predicted octanol–water partition coefficient (Wildman–Crippen LogP) is 5.10. The van der Waals surface area contributed by atoms with E-state index < -0.39 is 6.67 Å². The van der Waals surface area contributed by atoms with E-state index in [0.717, 1.165) is 44.9 Å². The van der Waals surface area contributed by atoms with Gasteiger partial charge in [-0.05, 0) is 66.2 Å². The molecule has 1 aromatic carbocycles. The smallest absolute Gasteiger partial charge is 0.130 e. The number of rotatable bonds is 7. The molecule has 0 amide bonds. The van der Waals surface area contributed by atoms with Crippen LogP contribution in [0.5, 0.6) is 5.75 Å². The van der Waals surface area contributed by atoms with Gasteiger partial charge in [0.25, 0.3) is 0 Å². The maximum absolute atomic E-state index is 12.9. The number of benzene rings is 1. The second-order valence-corrected chi connectivity index (χ2v) is 7.24. The van der Waals surface area contributed by atoms with Gasteiger partial charge in [-0.1, -0.05) is 0 Å². The van der Waals surface area contributed by atoms with Crippen molar-refractivity contribution < 1.29 is 9.13 Å². The van der Waals surface area contributed by atoms with Crippen LogP contribution in [-0.2, 0) is 13.2 Å². The minimum absolute atomic E-state index is 0.216. The Kier molecular flexibility index (Phi) is 5.53. The third-order valence-corrected chi connectivity index (χ3v) is 5.09. The number of hydrogen-bond acceptors (Lipinski definition) is 5. The summed E-state index contributed by atoms with van der Waals surface area (Å²) in [7, 11) is 0. The van der Waals surface area contributed by atoms with Crippen LogP contribution in [0.15, 0.2) is 85.5 Å². The number of fused-ring (bicyclic) bond motifs is 1. The molecule has 0 aliphatic rings. The lowest BCUT2D eigenvalue weighted by Gasteiger charge is -2.08. The van der Waals surface area contributed by atoms with Crippen LogP contribution in [0.25, 0.3) is 33.4 Å². The molecule has 0 atom stereocenters. The van der Waals surface area contributed by atoms with E-state index in [0.29, 0.717) is 6.61 Å². The summed E-state index contributed by atoms with van der Waals surface area (Å²) in [5.74, 6) is 0.732. The molecule has 0 saturated carbocycles. The van der Waals surface area contributed by atoms with Crippen molar-refractivity contribution in [3.05, 3.63) is 91.1 Å². The van der Waals surface area contributed by atoms with E-state index in [-0.39, 0.29) is 6.54 Å². The Morgan fingerprint density at radius 2 is 1.69 bits per heavy atom. The monoisotopic (exact) mass is 424 g/mol.